The molecule has 6 heteroatoms. The lowest BCUT2D eigenvalue weighted by Gasteiger charge is -2.08. The molecule has 1 N–H and O–H groups in total. The number of halogens is 1. The van der Waals surface area contributed by atoms with Crippen LogP contribution in [0.2, 0.25) is 0 Å². The number of rotatable bonds is 6. The number of hydrogen-bond acceptors (Lipinski definition) is 4. The smallest absolute Gasteiger partial charge is 0.277 e. The van der Waals surface area contributed by atoms with E-state index < -0.39 is 0 Å². The molecule has 0 spiro atoms. The van der Waals surface area contributed by atoms with Crippen molar-refractivity contribution in [1.29, 1.82) is 0 Å². The number of hydrazone groups is 1. The molecule has 0 saturated carbocycles. The Hall–Kier alpha value is -2.21. The second-order valence-corrected chi connectivity index (χ2v) is 5.31. The van der Waals surface area contributed by atoms with Crippen LogP contribution in [-0.2, 0) is 11.2 Å². The molecule has 1 aromatic heterocycles. The van der Waals surface area contributed by atoms with Gasteiger partial charge in [0, 0.05) is 6.20 Å². The van der Waals surface area contributed by atoms with Crippen molar-refractivity contribution in [3.63, 3.8) is 0 Å². The predicted octanol–water partition coefficient (Wildman–Crippen LogP) is 2.94. The molecule has 0 bridgehead atoms. The predicted molar refractivity (Wildman–Crippen MR) is 89.0 cm³/mol. The number of hydrogen-bond donors (Lipinski definition) is 1. The lowest BCUT2D eigenvalue weighted by atomic mass is 10.2. The average molecular weight is 362 g/mol. The van der Waals surface area contributed by atoms with Gasteiger partial charge in [0.25, 0.3) is 5.91 Å². The molecule has 5 nitrogen and oxygen atoms in total. The fourth-order valence-corrected chi connectivity index (χ4v) is 2.22. The first-order valence-corrected chi connectivity index (χ1v) is 7.62. The molecule has 0 radical (unpaired) electrons. The molecule has 0 aliphatic heterocycles. The molecule has 1 heterocycles. The zero-order valence-corrected chi connectivity index (χ0v) is 13.7. The minimum Gasteiger partial charge on any atom is -0.483 e. The lowest BCUT2D eigenvalue weighted by Crippen LogP contribution is -2.24. The summed E-state index contributed by atoms with van der Waals surface area (Å²) < 4.78 is 6.28. The Morgan fingerprint density at radius 3 is 2.95 bits per heavy atom. The van der Waals surface area contributed by atoms with Crippen molar-refractivity contribution < 1.29 is 9.53 Å². The van der Waals surface area contributed by atoms with Gasteiger partial charge in [-0.1, -0.05) is 19.1 Å². The number of aromatic nitrogens is 1. The number of ether oxygens (including phenoxy) is 1. The maximum Gasteiger partial charge on any atom is 0.277 e. The normalized spacial score (nSPS) is 10.6. The highest BCUT2D eigenvalue weighted by molar-refractivity contribution is 9.10. The molecule has 1 amide bonds. The van der Waals surface area contributed by atoms with E-state index in [2.05, 4.69) is 38.4 Å². The third kappa shape index (κ3) is 4.96. The molecular weight excluding hydrogens is 346 g/mol. The van der Waals surface area contributed by atoms with E-state index in [-0.39, 0.29) is 12.5 Å². The molecule has 2 aromatic rings. The van der Waals surface area contributed by atoms with Gasteiger partial charge in [0.15, 0.2) is 6.61 Å². The van der Waals surface area contributed by atoms with E-state index in [1.165, 1.54) is 11.8 Å². The lowest BCUT2D eigenvalue weighted by molar-refractivity contribution is -0.123. The van der Waals surface area contributed by atoms with E-state index in [0.717, 1.165) is 10.9 Å². The Balaban J connectivity index is 1.82. The van der Waals surface area contributed by atoms with E-state index in [4.69, 9.17) is 4.74 Å². The number of amides is 1. The zero-order chi connectivity index (χ0) is 15.8. The minimum atomic E-state index is -0.335. The van der Waals surface area contributed by atoms with Crippen molar-refractivity contribution in [3.05, 3.63) is 58.3 Å². The molecule has 0 atom stereocenters. The summed E-state index contributed by atoms with van der Waals surface area (Å²) >= 11 is 3.43. The van der Waals surface area contributed by atoms with Gasteiger partial charge in [0.1, 0.15) is 5.75 Å². The summed E-state index contributed by atoms with van der Waals surface area (Å²) in [6, 6.07) is 11.2. The summed E-state index contributed by atoms with van der Waals surface area (Å²) in [5.74, 6) is 0.291. The first-order chi connectivity index (χ1) is 10.7. The van der Waals surface area contributed by atoms with Crippen LogP contribution < -0.4 is 10.2 Å². The van der Waals surface area contributed by atoms with Crippen molar-refractivity contribution in [3.8, 4) is 5.75 Å². The number of aryl methyl sites for hydroxylation is 1. The van der Waals surface area contributed by atoms with Crippen LogP contribution >= 0.6 is 15.9 Å². The van der Waals surface area contributed by atoms with Gasteiger partial charge in [-0.25, -0.2) is 5.43 Å². The van der Waals surface area contributed by atoms with E-state index >= 15 is 0 Å². The summed E-state index contributed by atoms with van der Waals surface area (Å²) in [5.41, 5.74) is 4.26. The molecule has 114 valence electrons. The van der Waals surface area contributed by atoms with Crippen LogP contribution in [0.15, 0.2) is 52.2 Å². The van der Waals surface area contributed by atoms with E-state index in [0.29, 0.717) is 11.4 Å². The maximum atomic E-state index is 11.7. The molecular formula is C16H16BrN3O2. The molecule has 2 rings (SSSR count). The van der Waals surface area contributed by atoms with Crippen LogP contribution in [0.5, 0.6) is 5.75 Å². The Bertz CT molecular complexity index is 660. The quantitative estimate of drug-likeness (QED) is 0.635. The van der Waals surface area contributed by atoms with Crippen molar-refractivity contribution in [1.82, 2.24) is 10.4 Å². The van der Waals surface area contributed by atoms with Crippen molar-refractivity contribution in [2.75, 3.05) is 6.61 Å². The molecule has 0 saturated heterocycles. The van der Waals surface area contributed by atoms with Gasteiger partial charge in [-0.2, -0.15) is 5.10 Å². The first-order valence-electron chi connectivity index (χ1n) is 6.83. The van der Waals surface area contributed by atoms with Gasteiger partial charge in [0.2, 0.25) is 0 Å². The summed E-state index contributed by atoms with van der Waals surface area (Å²) in [6.07, 6.45) is 4.08. The summed E-state index contributed by atoms with van der Waals surface area (Å²) in [6.45, 7) is 1.97. The van der Waals surface area contributed by atoms with Crippen molar-refractivity contribution in [2.24, 2.45) is 5.10 Å². The fourth-order valence-electron chi connectivity index (χ4n) is 1.68. The highest BCUT2D eigenvalue weighted by Gasteiger charge is 2.05. The molecule has 0 aliphatic rings. The van der Waals surface area contributed by atoms with Crippen LogP contribution in [0.3, 0.4) is 0 Å². The van der Waals surface area contributed by atoms with Gasteiger partial charge in [0.05, 0.1) is 16.4 Å². The highest BCUT2D eigenvalue weighted by Crippen LogP contribution is 2.26. The second kappa shape index (κ2) is 8.29. The Morgan fingerprint density at radius 2 is 2.27 bits per heavy atom. The molecule has 1 aromatic carbocycles. The van der Waals surface area contributed by atoms with Crippen molar-refractivity contribution in [2.45, 2.75) is 13.3 Å². The maximum absolute atomic E-state index is 11.7. The number of nitrogens with zero attached hydrogens (tertiary/aromatic N) is 2. The zero-order valence-electron chi connectivity index (χ0n) is 12.1. The highest BCUT2D eigenvalue weighted by atomic mass is 79.9. The molecule has 0 aliphatic carbocycles. The van der Waals surface area contributed by atoms with Gasteiger partial charge in [-0.3, -0.25) is 9.78 Å². The third-order valence-electron chi connectivity index (χ3n) is 2.84. The Labute approximate surface area is 137 Å². The summed E-state index contributed by atoms with van der Waals surface area (Å²) in [5, 5.41) is 3.82. The van der Waals surface area contributed by atoms with E-state index in [9.17, 15) is 4.79 Å². The topological polar surface area (TPSA) is 63.6 Å². The number of benzene rings is 1. The van der Waals surface area contributed by atoms with Crippen LogP contribution in [0.4, 0.5) is 0 Å². The number of carbonyl (C=O) groups excluding carboxylic acids is 1. The largest absolute Gasteiger partial charge is 0.483 e. The summed E-state index contributed by atoms with van der Waals surface area (Å²) in [7, 11) is 0. The standard InChI is InChI=1S/C16H16BrN3O2/c1-2-12-6-7-15(14(17)9-12)22-11-16(21)20-19-10-13-5-3-4-8-18-13/h3-10H,2,11H2,1H3,(H,20,21). The molecule has 0 fully saturated rings. The minimum absolute atomic E-state index is 0.108. The number of nitrogens with one attached hydrogen (secondary N) is 1. The Kier molecular flexibility index (Phi) is 6.09. The van der Waals surface area contributed by atoms with Gasteiger partial charge in [-0.15, -0.1) is 0 Å². The molecule has 0 unspecified atom stereocenters. The molecule has 22 heavy (non-hydrogen) atoms. The first kappa shape index (κ1) is 16.2. The number of carbonyl (C=O) groups is 1. The Morgan fingerprint density at radius 1 is 1.41 bits per heavy atom. The van der Waals surface area contributed by atoms with E-state index in [1.54, 1.807) is 12.3 Å². The van der Waals surface area contributed by atoms with Crippen LogP contribution in [0.25, 0.3) is 0 Å². The monoisotopic (exact) mass is 361 g/mol. The van der Waals surface area contributed by atoms with Gasteiger partial charge < -0.3 is 4.74 Å². The third-order valence-corrected chi connectivity index (χ3v) is 3.46. The van der Waals surface area contributed by atoms with Crippen LogP contribution in [0.1, 0.15) is 18.2 Å². The van der Waals surface area contributed by atoms with E-state index in [1.807, 2.05) is 30.3 Å². The fraction of sp³-hybridized carbons (Fsp3) is 0.188. The summed E-state index contributed by atoms with van der Waals surface area (Å²) in [4.78, 5) is 15.7. The van der Waals surface area contributed by atoms with Gasteiger partial charge in [-0.05, 0) is 52.2 Å². The number of pyridine rings is 1. The van der Waals surface area contributed by atoms with Gasteiger partial charge >= 0.3 is 0 Å². The van der Waals surface area contributed by atoms with Crippen LogP contribution in [0, 0.1) is 0 Å². The second-order valence-electron chi connectivity index (χ2n) is 4.45. The SMILES string of the molecule is CCc1ccc(OCC(=O)NN=Cc2ccccn2)c(Br)c1. The van der Waals surface area contributed by atoms with Crippen molar-refractivity contribution >= 4 is 28.1 Å². The van der Waals surface area contributed by atoms with Crippen LogP contribution in [-0.4, -0.2) is 23.7 Å². The average Bonchev–Trinajstić information content (AvgIpc) is 2.54.